The molecule has 0 fully saturated rings. The van der Waals surface area contributed by atoms with E-state index in [-0.39, 0.29) is 23.9 Å². The lowest BCUT2D eigenvalue weighted by atomic mass is 10.1. The SMILES string of the molecule is COC(=O)[C@H](C)NC(C)Cc1cccc(F)c1. The van der Waals surface area contributed by atoms with Crippen LogP contribution in [-0.2, 0) is 16.0 Å². The average Bonchev–Trinajstić information content (AvgIpc) is 2.27. The average molecular weight is 239 g/mol. The van der Waals surface area contributed by atoms with Crippen molar-refractivity contribution in [3.63, 3.8) is 0 Å². The molecule has 0 heterocycles. The highest BCUT2D eigenvalue weighted by Gasteiger charge is 2.15. The van der Waals surface area contributed by atoms with Gasteiger partial charge >= 0.3 is 5.97 Å². The number of hydrogen-bond donors (Lipinski definition) is 1. The minimum Gasteiger partial charge on any atom is -0.468 e. The van der Waals surface area contributed by atoms with Crippen LogP contribution in [0.1, 0.15) is 19.4 Å². The van der Waals surface area contributed by atoms with Crippen molar-refractivity contribution in [1.82, 2.24) is 5.32 Å². The summed E-state index contributed by atoms with van der Waals surface area (Å²) in [5.74, 6) is -0.535. The third kappa shape index (κ3) is 4.53. The lowest BCUT2D eigenvalue weighted by molar-refractivity contribution is -0.142. The lowest BCUT2D eigenvalue weighted by Crippen LogP contribution is -2.41. The summed E-state index contributed by atoms with van der Waals surface area (Å²) in [4.78, 5) is 11.2. The molecule has 1 unspecified atom stereocenters. The van der Waals surface area contributed by atoms with Crippen LogP contribution in [0.4, 0.5) is 4.39 Å². The monoisotopic (exact) mass is 239 g/mol. The predicted octanol–water partition coefficient (Wildman–Crippen LogP) is 1.91. The Morgan fingerprint density at radius 3 is 2.76 bits per heavy atom. The van der Waals surface area contributed by atoms with Crippen molar-refractivity contribution in [2.45, 2.75) is 32.4 Å². The quantitative estimate of drug-likeness (QED) is 0.798. The van der Waals surface area contributed by atoms with E-state index in [4.69, 9.17) is 0 Å². The Morgan fingerprint density at radius 2 is 2.18 bits per heavy atom. The van der Waals surface area contributed by atoms with Gasteiger partial charge in [-0.25, -0.2) is 4.39 Å². The summed E-state index contributed by atoms with van der Waals surface area (Å²) in [6, 6.07) is 6.18. The lowest BCUT2D eigenvalue weighted by Gasteiger charge is -2.18. The Labute approximate surface area is 101 Å². The fourth-order valence-electron chi connectivity index (χ4n) is 1.75. The maximum atomic E-state index is 13.0. The molecule has 4 heteroatoms. The van der Waals surface area contributed by atoms with Crippen LogP contribution in [0.3, 0.4) is 0 Å². The molecule has 1 aromatic rings. The number of benzene rings is 1. The van der Waals surface area contributed by atoms with Gasteiger partial charge in [-0.05, 0) is 38.0 Å². The van der Waals surface area contributed by atoms with Gasteiger partial charge in [0.1, 0.15) is 11.9 Å². The largest absolute Gasteiger partial charge is 0.468 e. The van der Waals surface area contributed by atoms with Crippen molar-refractivity contribution in [2.24, 2.45) is 0 Å². The molecular formula is C13H18FNO2. The zero-order valence-corrected chi connectivity index (χ0v) is 10.4. The second kappa shape index (κ2) is 6.35. The molecule has 0 saturated heterocycles. The maximum absolute atomic E-state index is 13.0. The Bertz CT molecular complexity index is 381. The molecule has 0 aliphatic carbocycles. The van der Waals surface area contributed by atoms with Crippen LogP contribution in [0.2, 0.25) is 0 Å². The van der Waals surface area contributed by atoms with E-state index >= 15 is 0 Å². The summed E-state index contributed by atoms with van der Waals surface area (Å²) in [5, 5.41) is 3.10. The maximum Gasteiger partial charge on any atom is 0.322 e. The number of hydrogen-bond acceptors (Lipinski definition) is 3. The van der Waals surface area contributed by atoms with Gasteiger partial charge in [0.25, 0.3) is 0 Å². The third-order valence-corrected chi connectivity index (χ3v) is 2.52. The molecule has 1 rings (SSSR count). The second-order valence-corrected chi connectivity index (χ2v) is 4.15. The van der Waals surface area contributed by atoms with E-state index in [2.05, 4.69) is 10.1 Å². The summed E-state index contributed by atoms with van der Waals surface area (Å²) in [5.41, 5.74) is 0.905. The van der Waals surface area contributed by atoms with Crippen molar-refractivity contribution in [3.05, 3.63) is 35.6 Å². The first-order valence-corrected chi connectivity index (χ1v) is 5.61. The smallest absolute Gasteiger partial charge is 0.322 e. The Morgan fingerprint density at radius 1 is 1.47 bits per heavy atom. The van der Waals surface area contributed by atoms with Crippen LogP contribution in [0.25, 0.3) is 0 Å². The number of rotatable bonds is 5. The summed E-state index contributed by atoms with van der Waals surface area (Å²) in [6.07, 6.45) is 0.666. The van der Waals surface area contributed by atoms with Crippen molar-refractivity contribution in [2.75, 3.05) is 7.11 Å². The zero-order chi connectivity index (χ0) is 12.8. The first kappa shape index (κ1) is 13.6. The molecule has 1 aromatic carbocycles. The number of carbonyl (C=O) groups is 1. The van der Waals surface area contributed by atoms with Gasteiger partial charge in [0.2, 0.25) is 0 Å². The first-order chi connectivity index (χ1) is 8.02. The first-order valence-electron chi connectivity index (χ1n) is 5.61. The number of esters is 1. The van der Waals surface area contributed by atoms with Crippen molar-refractivity contribution >= 4 is 5.97 Å². The number of carbonyl (C=O) groups excluding carboxylic acids is 1. The molecule has 0 radical (unpaired) electrons. The van der Waals surface area contributed by atoms with Crippen LogP contribution in [0.5, 0.6) is 0 Å². The highest BCUT2D eigenvalue weighted by Crippen LogP contribution is 2.06. The van der Waals surface area contributed by atoms with Gasteiger partial charge in [0.15, 0.2) is 0 Å². The third-order valence-electron chi connectivity index (χ3n) is 2.52. The fourth-order valence-corrected chi connectivity index (χ4v) is 1.75. The van der Waals surface area contributed by atoms with Gasteiger partial charge in [0.05, 0.1) is 7.11 Å². The van der Waals surface area contributed by atoms with E-state index in [0.29, 0.717) is 6.42 Å². The topological polar surface area (TPSA) is 38.3 Å². The van der Waals surface area contributed by atoms with Gasteiger partial charge < -0.3 is 10.1 Å². The number of nitrogens with one attached hydrogen (secondary N) is 1. The minimum absolute atomic E-state index is 0.0749. The molecule has 94 valence electrons. The van der Waals surface area contributed by atoms with Crippen LogP contribution in [0.15, 0.2) is 24.3 Å². The molecule has 0 saturated carbocycles. The molecule has 3 nitrogen and oxygen atoms in total. The summed E-state index contributed by atoms with van der Waals surface area (Å²) in [7, 11) is 1.36. The van der Waals surface area contributed by atoms with Crippen molar-refractivity contribution in [1.29, 1.82) is 0 Å². The molecule has 0 aliphatic heterocycles. The molecule has 17 heavy (non-hydrogen) atoms. The predicted molar refractivity (Wildman–Crippen MR) is 64.2 cm³/mol. The Hall–Kier alpha value is -1.42. The zero-order valence-electron chi connectivity index (χ0n) is 10.4. The normalized spacial score (nSPS) is 14.1. The van der Waals surface area contributed by atoms with E-state index < -0.39 is 0 Å². The number of halogens is 1. The van der Waals surface area contributed by atoms with E-state index in [1.165, 1.54) is 19.2 Å². The molecule has 1 N–H and O–H groups in total. The second-order valence-electron chi connectivity index (χ2n) is 4.15. The molecule has 0 aromatic heterocycles. The number of ether oxygens (including phenoxy) is 1. The minimum atomic E-state index is -0.358. The van der Waals surface area contributed by atoms with Crippen LogP contribution < -0.4 is 5.32 Å². The van der Waals surface area contributed by atoms with Crippen LogP contribution in [0, 0.1) is 5.82 Å². The van der Waals surface area contributed by atoms with E-state index in [9.17, 15) is 9.18 Å². The van der Waals surface area contributed by atoms with Gasteiger partial charge in [0, 0.05) is 6.04 Å². The molecular weight excluding hydrogens is 221 g/mol. The molecule has 2 atom stereocenters. The fraction of sp³-hybridized carbons (Fsp3) is 0.462. The van der Waals surface area contributed by atoms with Gasteiger partial charge in [-0.3, -0.25) is 4.79 Å². The van der Waals surface area contributed by atoms with E-state index in [1.807, 2.05) is 13.0 Å². The van der Waals surface area contributed by atoms with Gasteiger partial charge in [-0.15, -0.1) is 0 Å². The van der Waals surface area contributed by atoms with Gasteiger partial charge in [-0.2, -0.15) is 0 Å². The molecule has 0 aliphatic rings. The molecule has 0 spiro atoms. The van der Waals surface area contributed by atoms with Gasteiger partial charge in [-0.1, -0.05) is 12.1 Å². The van der Waals surface area contributed by atoms with Crippen molar-refractivity contribution < 1.29 is 13.9 Å². The highest BCUT2D eigenvalue weighted by atomic mass is 19.1. The number of methoxy groups -OCH3 is 1. The Kier molecular flexibility index (Phi) is 5.10. The van der Waals surface area contributed by atoms with Crippen LogP contribution >= 0.6 is 0 Å². The van der Waals surface area contributed by atoms with E-state index in [0.717, 1.165) is 5.56 Å². The molecule has 0 amide bonds. The van der Waals surface area contributed by atoms with Crippen molar-refractivity contribution in [3.8, 4) is 0 Å². The van der Waals surface area contributed by atoms with E-state index in [1.54, 1.807) is 13.0 Å². The molecule has 0 bridgehead atoms. The van der Waals surface area contributed by atoms with Crippen LogP contribution in [-0.4, -0.2) is 25.2 Å². The Balaban J connectivity index is 2.49. The summed E-state index contributed by atoms with van der Waals surface area (Å²) >= 11 is 0. The summed E-state index contributed by atoms with van der Waals surface area (Å²) in [6.45, 7) is 3.69. The highest BCUT2D eigenvalue weighted by molar-refractivity contribution is 5.75. The summed E-state index contributed by atoms with van der Waals surface area (Å²) < 4.78 is 17.6. The standard InChI is InChI=1S/C13H18FNO2/c1-9(15-10(2)13(16)17-3)7-11-5-4-6-12(14)8-11/h4-6,8-10,15H,7H2,1-3H3/t9?,10-/m0/s1.